The van der Waals surface area contributed by atoms with Gasteiger partial charge in [-0.15, -0.1) is 0 Å². The molecule has 0 aliphatic carbocycles. The number of amides is 2. The van der Waals surface area contributed by atoms with Gasteiger partial charge in [0.05, 0.1) is 15.7 Å². The Balaban J connectivity index is 1.91. The lowest BCUT2D eigenvalue weighted by Crippen LogP contribution is -2.30. The lowest BCUT2D eigenvalue weighted by atomic mass is 10.1. The van der Waals surface area contributed by atoms with E-state index in [0.717, 1.165) is 5.56 Å². The molecule has 0 saturated carbocycles. The van der Waals surface area contributed by atoms with E-state index in [1.807, 2.05) is 0 Å². The first-order valence-corrected chi connectivity index (χ1v) is 7.92. The van der Waals surface area contributed by atoms with E-state index in [2.05, 4.69) is 10.6 Å². The third kappa shape index (κ3) is 4.43. The predicted molar refractivity (Wildman–Crippen MR) is 93.6 cm³/mol. The summed E-state index contributed by atoms with van der Waals surface area (Å²) in [6.45, 7) is 0.372. The highest BCUT2D eigenvalue weighted by Gasteiger charge is 2.10. The molecule has 2 aromatic carbocycles. The van der Waals surface area contributed by atoms with Crippen LogP contribution in [0.5, 0.6) is 0 Å². The van der Waals surface area contributed by atoms with Crippen molar-refractivity contribution in [3.63, 3.8) is 0 Å². The zero-order valence-corrected chi connectivity index (χ0v) is 14.3. The second-order valence-corrected chi connectivity index (χ2v) is 6.06. The molecule has 0 heterocycles. The molecule has 2 amide bonds. The molecule has 0 unspecified atom stereocenters. The Morgan fingerprint density at radius 2 is 1.36 bits per heavy atom. The Morgan fingerprint density at radius 3 is 1.91 bits per heavy atom. The zero-order valence-electron chi connectivity index (χ0n) is 11.3. The summed E-state index contributed by atoms with van der Waals surface area (Å²) in [6.07, 6.45) is 0.516. The van der Waals surface area contributed by atoms with Crippen LogP contribution in [-0.2, 0) is 6.42 Å². The Labute approximate surface area is 148 Å². The van der Waals surface area contributed by atoms with Crippen LogP contribution in [0.4, 0.5) is 10.5 Å². The number of carbonyl (C=O) groups is 1. The van der Waals surface area contributed by atoms with Gasteiger partial charge in [-0.3, -0.25) is 0 Å². The first-order chi connectivity index (χ1) is 10.5. The summed E-state index contributed by atoms with van der Waals surface area (Å²) in [4.78, 5) is 11.9. The van der Waals surface area contributed by atoms with Gasteiger partial charge in [0, 0.05) is 16.6 Å². The van der Waals surface area contributed by atoms with Gasteiger partial charge in [0.2, 0.25) is 0 Å². The molecule has 7 heteroatoms. The average Bonchev–Trinajstić information content (AvgIpc) is 2.46. The van der Waals surface area contributed by atoms with Crippen molar-refractivity contribution in [2.75, 3.05) is 11.9 Å². The van der Waals surface area contributed by atoms with Crippen molar-refractivity contribution in [1.29, 1.82) is 0 Å². The number of benzene rings is 2. The van der Waals surface area contributed by atoms with Gasteiger partial charge in [0.25, 0.3) is 0 Å². The van der Waals surface area contributed by atoms with Crippen molar-refractivity contribution in [1.82, 2.24) is 5.32 Å². The van der Waals surface area contributed by atoms with Crippen molar-refractivity contribution in [3.05, 3.63) is 62.1 Å². The van der Waals surface area contributed by atoms with Gasteiger partial charge in [-0.25, -0.2) is 4.79 Å². The van der Waals surface area contributed by atoms with E-state index < -0.39 is 6.03 Å². The molecule has 0 spiro atoms. The van der Waals surface area contributed by atoms with Crippen molar-refractivity contribution in [2.24, 2.45) is 0 Å². The van der Waals surface area contributed by atoms with Crippen LogP contribution in [0.2, 0.25) is 20.1 Å². The van der Waals surface area contributed by atoms with E-state index in [0.29, 0.717) is 38.7 Å². The number of rotatable bonds is 4. The molecule has 0 aromatic heterocycles. The molecule has 2 aromatic rings. The molecule has 2 N–H and O–H groups in total. The Hall–Kier alpha value is -1.13. The van der Waals surface area contributed by atoms with E-state index >= 15 is 0 Å². The van der Waals surface area contributed by atoms with Crippen LogP contribution in [0.25, 0.3) is 0 Å². The highest BCUT2D eigenvalue weighted by molar-refractivity contribution is 6.39. The summed E-state index contributed by atoms with van der Waals surface area (Å²) in [6, 6.07) is 9.87. The number of hydrogen-bond donors (Lipinski definition) is 2. The molecular weight excluding hydrogens is 366 g/mol. The van der Waals surface area contributed by atoms with Crippen LogP contribution in [0.1, 0.15) is 5.56 Å². The summed E-state index contributed by atoms with van der Waals surface area (Å²) in [5, 5.41) is 7.21. The molecule has 0 bridgehead atoms. The van der Waals surface area contributed by atoms with Crippen molar-refractivity contribution in [2.45, 2.75) is 6.42 Å². The van der Waals surface area contributed by atoms with Gasteiger partial charge in [-0.1, -0.05) is 58.5 Å². The number of urea groups is 1. The molecule has 2 rings (SSSR count). The number of hydrogen-bond acceptors (Lipinski definition) is 1. The largest absolute Gasteiger partial charge is 0.338 e. The average molecular weight is 378 g/mol. The van der Waals surface area contributed by atoms with Crippen LogP contribution < -0.4 is 10.6 Å². The van der Waals surface area contributed by atoms with Crippen LogP contribution in [0.15, 0.2) is 36.4 Å². The van der Waals surface area contributed by atoms with E-state index in [-0.39, 0.29) is 0 Å². The van der Waals surface area contributed by atoms with Crippen LogP contribution in [-0.4, -0.2) is 12.6 Å². The molecule has 0 aliphatic heterocycles. The lowest BCUT2D eigenvalue weighted by molar-refractivity contribution is 0.252. The molecule has 0 aliphatic rings. The van der Waals surface area contributed by atoms with E-state index in [4.69, 9.17) is 46.4 Å². The normalized spacial score (nSPS) is 10.4. The SMILES string of the molecule is O=C(NCCc1c(Cl)cccc1Cl)Nc1c(Cl)cccc1Cl. The maximum atomic E-state index is 11.9. The second-order valence-electron chi connectivity index (χ2n) is 4.43. The minimum atomic E-state index is -0.404. The summed E-state index contributed by atoms with van der Waals surface area (Å²) < 4.78 is 0. The predicted octanol–water partition coefficient (Wildman–Crippen LogP) is 5.66. The first-order valence-electron chi connectivity index (χ1n) is 6.41. The van der Waals surface area contributed by atoms with Gasteiger partial charge < -0.3 is 10.6 Å². The van der Waals surface area contributed by atoms with E-state index in [1.54, 1.807) is 36.4 Å². The van der Waals surface area contributed by atoms with Crippen LogP contribution in [0, 0.1) is 0 Å². The highest BCUT2D eigenvalue weighted by Crippen LogP contribution is 2.29. The molecule has 22 heavy (non-hydrogen) atoms. The van der Waals surface area contributed by atoms with Crippen molar-refractivity contribution < 1.29 is 4.79 Å². The summed E-state index contributed by atoms with van der Waals surface area (Å²) in [5.74, 6) is 0. The summed E-state index contributed by atoms with van der Waals surface area (Å²) in [5.41, 5.74) is 1.17. The van der Waals surface area contributed by atoms with Gasteiger partial charge in [0.15, 0.2) is 0 Å². The molecular formula is C15H12Cl4N2O. The Morgan fingerprint density at radius 1 is 0.864 bits per heavy atom. The standard InChI is InChI=1S/C15H12Cl4N2O/c16-10-3-1-4-11(17)9(10)7-8-20-15(22)21-14-12(18)5-2-6-13(14)19/h1-6H,7-8H2,(H2,20,21,22). The third-order valence-corrected chi connectivity index (χ3v) is 4.26. The quantitative estimate of drug-likeness (QED) is 0.708. The first kappa shape index (κ1) is 17.2. The maximum absolute atomic E-state index is 11.9. The minimum absolute atomic E-state index is 0.372. The monoisotopic (exact) mass is 376 g/mol. The molecule has 0 atom stereocenters. The number of halogens is 4. The Bertz CT molecular complexity index is 651. The number of anilines is 1. The zero-order chi connectivity index (χ0) is 16.1. The molecule has 0 saturated heterocycles. The van der Waals surface area contributed by atoms with Gasteiger partial charge in [-0.2, -0.15) is 0 Å². The number of carbonyl (C=O) groups excluding carboxylic acids is 1. The molecule has 3 nitrogen and oxygen atoms in total. The van der Waals surface area contributed by atoms with Crippen molar-refractivity contribution >= 4 is 58.1 Å². The van der Waals surface area contributed by atoms with Gasteiger partial charge >= 0.3 is 6.03 Å². The van der Waals surface area contributed by atoms with Gasteiger partial charge in [-0.05, 0) is 36.2 Å². The smallest absolute Gasteiger partial charge is 0.319 e. The topological polar surface area (TPSA) is 41.1 Å². The van der Waals surface area contributed by atoms with E-state index in [1.165, 1.54) is 0 Å². The van der Waals surface area contributed by atoms with Crippen LogP contribution in [0.3, 0.4) is 0 Å². The minimum Gasteiger partial charge on any atom is -0.338 e. The number of nitrogens with one attached hydrogen (secondary N) is 2. The fourth-order valence-electron chi connectivity index (χ4n) is 1.85. The second kappa shape index (κ2) is 7.93. The summed E-state index contributed by atoms with van der Waals surface area (Å²) >= 11 is 24.1. The molecule has 116 valence electrons. The molecule has 0 radical (unpaired) electrons. The lowest BCUT2D eigenvalue weighted by Gasteiger charge is -2.11. The fourth-order valence-corrected chi connectivity index (χ4v) is 2.93. The summed E-state index contributed by atoms with van der Waals surface area (Å²) in [7, 11) is 0. The molecule has 0 fully saturated rings. The third-order valence-electron chi connectivity index (χ3n) is 2.92. The highest BCUT2D eigenvalue weighted by atomic mass is 35.5. The van der Waals surface area contributed by atoms with Crippen LogP contribution >= 0.6 is 46.4 Å². The van der Waals surface area contributed by atoms with Gasteiger partial charge in [0.1, 0.15) is 0 Å². The fraction of sp³-hybridized carbons (Fsp3) is 0.133. The maximum Gasteiger partial charge on any atom is 0.319 e. The Kier molecular flexibility index (Phi) is 6.21. The number of para-hydroxylation sites is 1. The van der Waals surface area contributed by atoms with E-state index in [9.17, 15) is 4.79 Å². The van der Waals surface area contributed by atoms with Crippen molar-refractivity contribution in [3.8, 4) is 0 Å².